The molecule has 5 nitrogen and oxygen atoms in total. The first kappa shape index (κ1) is 16.4. The number of aliphatic hydroxyl groups is 1. The standard InChI is InChI=1S/C12H25NO4/c1-9(2)5-10(3)17-8-11(14)6-13-7-12(15)16-4/h9-11,13-14H,5-8H2,1-4H3. The van der Waals surface area contributed by atoms with Crippen LogP contribution >= 0.6 is 0 Å². The number of ether oxygens (including phenoxy) is 2. The van der Waals surface area contributed by atoms with Crippen molar-refractivity contribution >= 4 is 5.97 Å². The van der Waals surface area contributed by atoms with Crippen molar-refractivity contribution in [3.05, 3.63) is 0 Å². The molecule has 0 aromatic heterocycles. The number of hydrogen-bond donors (Lipinski definition) is 2. The zero-order chi connectivity index (χ0) is 13.3. The maximum atomic E-state index is 10.8. The minimum atomic E-state index is -0.603. The van der Waals surface area contributed by atoms with E-state index in [0.717, 1.165) is 6.42 Å². The largest absolute Gasteiger partial charge is 0.468 e. The van der Waals surface area contributed by atoms with Gasteiger partial charge in [-0.3, -0.25) is 4.79 Å². The van der Waals surface area contributed by atoms with Gasteiger partial charge in [0.05, 0.1) is 32.5 Å². The topological polar surface area (TPSA) is 67.8 Å². The molecule has 0 aromatic rings. The lowest BCUT2D eigenvalue weighted by Crippen LogP contribution is -2.34. The van der Waals surface area contributed by atoms with Crippen LogP contribution in [0.4, 0.5) is 0 Å². The Morgan fingerprint density at radius 2 is 2.00 bits per heavy atom. The van der Waals surface area contributed by atoms with Crippen LogP contribution in [-0.4, -0.2) is 50.1 Å². The third-order valence-electron chi connectivity index (χ3n) is 2.25. The van der Waals surface area contributed by atoms with Gasteiger partial charge in [-0.1, -0.05) is 13.8 Å². The average Bonchev–Trinajstić information content (AvgIpc) is 2.25. The van der Waals surface area contributed by atoms with E-state index in [4.69, 9.17) is 4.74 Å². The van der Waals surface area contributed by atoms with Gasteiger partial charge >= 0.3 is 5.97 Å². The van der Waals surface area contributed by atoms with Crippen molar-refractivity contribution in [3.63, 3.8) is 0 Å². The Kier molecular flexibility index (Phi) is 9.03. The average molecular weight is 247 g/mol. The summed E-state index contributed by atoms with van der Waals surface area (Å²) in [5, 5.41) is 12.4. The molecule has 17 heavy (non-hydrogen) atoms. The fourth-order valence-electron chi connectivity index (χ4n) is 1.48. The van der Waals surface area contributed by atoms with E-state index >= 15 is 0 Å². The number of esters is 1. The first-order chi connectivity index (χ1) is 7.95. The molecule has 0 amide bonds. The predicted octanol–water partition coefficient (Wildman–Crippen LogP) is 0.561. The summed E-state index contributed by atoms with van der Waals surface area (Å²) in [6.45, 7) is 6.97. The van der Waals surface area contributed by atoms with Gasteiger partial charge in [-0.2, -0.15) is 0 Å². The highest BCUT2D eigenvalue weighted by molar-refractivity contribution is 5.71. The lowest BCUT2D eigenvalue weighted by atomic mass is 10.1. The number of hydrogen-bond acceptors (Lipinski definition) is 5. The smallest absolute Gasteiger partial charge is 0.319 e. The molecule has 5 heteroatoms. The summed E-state index contributed by atoms with van der Waals surface area (Å²) in [6, 6.07) is 0. The van der Waals surface area contributed by atoms with Crippen molar-refractivity contribution < 1.29 is 19.4 Å². The van der Waals surface area contributed by atoms with Crippen LogP contribution in [0.3, 0.4) is 0 Å². The molecule has 0 saturated carbocycles. The Morgan fingerprint density at radius 3 is 2.53 bits per heavy atom. The SMILES string of the molecule is COC(=O)CNCC(O)COC(C)CC(C)C. The third-order valence-corrected chi connectivity index (χ3v) is 2.25. The normalized spacial score (nSPS) is 14.7. The second-order valence-electron chi connectivity index (χ2n) is 4.63. The quantitative estimate of drug-likeness (QED) is 0.583. The van der Waals surface area contributed by atoms with Crippen LogP contribution in [0.15, 0.2) is 0 Å². The number of nitrogens with one attached hydrogen (secondary N) is 1. The van der Waals surface area contributed by atoms with Gasteiger partial charge in [-0.25, -0.2) is 0 Å². The Labute approximate surface area is 103 Å². The fourth-order valence-corrected chi connectivity index (χ4v) is 1.48. The molecule has 102 valence electrons. The monoisotopic (exact) mass is 247 g/mol. The highest BCUT2D eigenvalue weighted by Crippen LogP contribution is 2.07. The molecule has 0 rings (SSSR count). The van der Waals surface area contributed by atoms with Crippen molar-refractivity contribution in [2.45, 2.75) is 39.4 Å². The zero-order valence-corrected chi connectivity index (χ0v) is 11.2. The second kappa shape index (κ2) is 9.39. The molecule has 0 aromatic carbocycles. The van der Waals surface area contributed by atoms with Crippen LogP contribution in [0.2, 0.25) is 0 Å². The lowest BCUT2D eigenvalue weighted by molar-refractivity contribution is -0.139. The summed E-state index contributed by atoms with van der Waals surface area (Å²) in [6.07, 6.45) is 0.516. The lowest BCUT2D eigenvalue weighted by Gasteiger charge is -2.18. The predicted molar refractivity (Wildman–Crippen MR) is 65.8 cm³/mol. The van der Waals surface area contributed by atoms with Gasteiger partial charge in [0.2, 0.25) is 0 Å². The molecule has 2 N–H and O–H groups in total. The molecule has 0 bridgehead atoms. The number of carbonyl (C=O) groups excluding carboxylic acids is 1. The van der Waals surface area contributed by atoms with Gasteiger partial charge in [-0.15, -0.1) is 0 Å². The van der Waals surface area contributed by atoms with Crippen molar-refractivity contribution in [2.75, 3.05) is 26.8 Å². The molecule has 2 unspecified atom stereocenters. The third kappa shape index (κ3) is 10.2. The van der Waals surface area contributed by atoms with Crippen LogP contribution in [-0.2, 0) is 14.3 Å². The van der Waals surface area contributed by atoms with Crippen LogP contribution < -0.4 is 5.32 Å². The summed E-state index contributed by atoms with van der Waals surface area (Å²) in [4.78, 5) is 10.8. The van der Waals surface area contributed by atoms with E-state index < -0.39 is 6.10 Å². The van der Waals surface area contributed by atoms with E-state index in [0.29, 0.717) is 12.5 Å². The maximum absolute atomic E-state index is 10.8. The van der Waals surface area contributed by atoms with Crippen LogP contribution in [0.5, 0.6) is 0 Å². The minimum absolute atomic E-state index is 0.106. The molecule has 0 radical (unpaired) electrons. The van der Waals surface area contributed by atoms with E-state index in [-0.39, 0.29) is 25.2 Å². The molecule has 0 heterocycles. The van der Waals surface area contributed by atoms with Gasteiger partial charge < -0.3 is 19.9 Å². The molecule has 0 aliphatic rings. The van der Waals surface area contributed by atoms with Crippen molar-refractivity contribution in [2.24, 2.45) is 5.92 Å². The highest BCUT2D eigenvalue weighted by atomic mass is 16.5. The van der Waals surface area contributed by atoms with Crippen LogP contribution in [0.25, 0.3) is 0 Å². The van der Waals surface area contributed by atoms with E-state index in [9.17, 15) is 9.90 Å². The van der Waals surface area contributed by atoms with E-state index in [2.05, 4.69) is 23.9 Å². The fraction of sp³-hybridized carbons (Fsp3) is 0.917. The Balaban J connectivity index is 3.52. The van der Waals surface area contributed by atoms with Crippen molar-refractivity contribution in [1.29, 1.82) is 0 Å². The number of rotatable bonds is 9. The molecular weight excluding hydrogens is 222 g/mol. The molecule has 0 spiro atoms. The van der Waals surface area contributed by atoms with Gasteiger partial charge in [0.15, 0.2) is 0 Å². The van der Waals surface area contributed by atoms with Crippen molar-refractivity contribution in [1.82, 2.24) is 5.32 Å². The first-order valence-corrected chi connectivity index (χ1v) is 6.02. The molecular formula is C12H25NO4. The van der Waals surface area contributed by atoms with Gasteiger partial charge in [0, 0.05) is 6.54 Å². The Morgan fingerprint density at radius 1 is 1.35 bits per heavy atom. The molecule has 0 saturated heterocycles. The molecule has 0 aliphatic carbocycles. The first-order valence-electron chi connectivity index (χ1n) is 6.02. The number of carbonyl (C=O) groups is 1. The Hall–Kier alpha value is -0.650. The van der Waals surface area contributed by atoms with Gasteiger partial charge in [-0.05, 0) is 19.3 Å². The van der Waals surface area contributed by atoms with E-state index in [1.54, 1.807) is 0 Å². The molecule has 2 atom stereocenters. The van der Waals surface area contributed by atoms with E-state index in [1.165, 1.54) is 7.11 Å². The summed E-state index contributed by atoms with van der Waals surface area (Å²) < 4.78 is 9.95. The van der Waals surface area contributed by atoms with Crippen LogP contribution in [0.1, 0.15) is 27.2 Å². The maximum Gasteiger partial charge on any atom is 0.319 e. The summed E-state index contributed by atoms with van der Waals surface area (Å²) in [7, 11) is 1.33. The Bertz CT molecular complexity index is 209. The number of aliphatic hydroxyl groups excluding tert-OH is 1. The minimum Gasteiger partial charge on any atom is -0.468 e. The van der Waals surface area contributed by atoms with Gasteiger partial charge in [0.1, 0.15) is 0 Å². The summed E-state index contributed by atoms with van der Waals surface area (Å²) in [5.74, 6) is 0.242. The van der Waals surface area contributed by atoms with Crippen molar-refractivity contribution in [3.8, 4) is 0 Å². The van der Waals surface area contributed by atoms with E-state index in [1.807, 2.05) is 6.92 Å². The van der Waals surface area contributed by atoms with Gasteiger partial charge in [0.25, 0.3) is 0 Å². The number of methoxy groups -OCH3 is 1. The molecule has 0 fully saturated rings. The highest BCUT2D eigenvalue weighted by Gasteiger charge is 2.10. The molecule has 0 aliphatic heterocycles. The zero-order valence-electron chi connectivity index (χ0n) is 11.2. The van der Waals surface area contributed by atoms with Crippen LogP contribution in [0, 0.1) is 5.92 Å². The summed E-state index contributed by atoms with van der Waals surface area (Å²) in [5.41, 5.74) is 0. The second-order valence-corrected chi connectivity index (χ2v) is 4.63. The summed E-state index contributed by atoms with van der Waals surface area (Å²) >= 11 is 0.